The van der Waals surface area contributed by atoms with E-state index in [0.717, 1.165) is 10.0 Å². The van der Waals surface area contributed by atoms with Crippen LogP contribution in [0.15, 0.2) is 86.8 Å². The van der Waals surface area contributed by atoms with Crippen molar-refractivity contribution in [2.45, 2.75) is 0 Å². The zero-order valence-corrected chi connectivity index (χ0v) is 16.4. The van der Waals surface area contributed by atoms with Crippen LogP contribution in [0, 0.1) is 0 Å². The van der Waals surface area contributed by atoms with Crippen molar-refractivity contribution < 1.29 is 4.52 Å². The summed E-state index contributed by atoms with van der Waals surface area (Å²) in [6.45, 7) is 0. The lowest BCUT2D eigenvalue weighted by Crippen LogP contribution is -2.22. The van der Waals surface area contributed by atoms with Gasteiger partial charge in [-0.3, -0.25) is 9.78 Å². The highest BCUT2D eigenvalue weighted by Crippen LogP contribution is 2.26. The summed E-state index contributed by atoms with van der Waals surface area (Å²) < 4.78 is 7.68. The van der Waals surface area contributed by atoms with E-state index in [-0.39, 0.29) is 11.4 Å². The molecule has 0 saturated heterocycles. The fourth-order valence-corrected chi connectivity index (χ4v) is 3.45. The van der Waals surface area contributed by atoms with Crippen molar-refractivity contribution in [3.8, 4) is 28.7 Å². The number of benzene rings is 2. The molecule has 0 fully saturated rings. The van der Waals surface area contributed by atoms with Gasteiger partial charge in [-0.15, -0.1) is 0 Å². The maximum absolute atomic E-state index is 13.1. The van der Waals surface area contributed by atoms with Crippen molar-refractivity contribution in [3.05, 3.63) is 87.9 Å². The van der Waals surface area contributed by atoms with Gasteiger partial charge in [0.2, 0.25) is 5.82 Å². The van der Waals surface area contributed by atoms with Crippen molar-refractivity contribution in [2.75, 3.05) is 0 Å². The zero-order chi connectivity index (χ0) is 19.8. The molecule has 29 heavy (non-hydrogen) atoms. The fraction of sp³-hybridized carbons (Fsp3) is 0. The molecule has 0 spiro atoms. The molecule has 0 aliphatic carbocycles. The van der Waals surface area contributed by atoms with Crippen LogP contribution in [0.4, 0.5) is 0 Å². The lowest BCUT2D eigenvalue weighted by molar-refractivity contribution is 0.430. The summed E-state index contributed by atoms with van der Waals surface area (Å²) in [5.74, 6) is 0.628. The van der Waals surface area contributed by atoms with Crippen molar-refractivity contribution in [1.82, 2.24) is 24.9 Å². The first-order valence-corrected chi connectivity index (χ1v) is 9.52. The molecule has 0 N–H and O–H groups in total. The largest absolute Gasteiger partial charge is 0.332 e. The lowest BCUT2D eigenvalue weighted by atomic mass is 10.1. The Morgan fingerprint density at radius 3 is 2.62 bits per heavy atom. The first-order valence-electron chi connectivity index (χ1n) is 8.73. The Labute approximate surface area is 172 Å². The minimum absolute atomic E-state index is 0.226. The molecule has 2 aromatic carbocycles. The van der Waals surface area contributed by atoms with Crippen LogP contribution in [-0.2, 0) is 0 Å². The molecular formula is C21H12BrN5O2. The van der Waals surface area contributed by atoms with Gasteiger partial charge in [-0.1, -0.05) is 45.4 Å². The minimum atomic E-state index is -0.227. The number of fused-ring (bicyclic) bond motifs is 1. The Morgan fingerprint density at radius 2 is 1.83 bits per heavy atom. The SMILES string of the molecule is O=c1c2ccccc2c(-c2nc(-c3cccnc3)no2)nn1-c1cccc(Br)c1. The van der Waals surface area contributed by atoms with E-state index in [1.807, 2.05) is 48.5 Å². The van der Waals surface area contributed by atoms with E-state index in [2.05, 4.69) is 36.2 Å². The van der Waals surface area contributed by atoms with E-state index < -0.39 is 0 Å². The van der Waals surface area contributed by atoms with Gasteiger partial charge in [0.15, 0.2) is 5.69 Å². The molecule has 3 aromatic heterocycles. The highest BCUT2D eigenvalue weighted by Gasteiger charge is 2.19. The smallest absolute Gasteiger partial charge is 0.279 e. The van der Waals surface area contributed by atoms with Gasteiger partial charge in [0.1, 0.15) is 0 Å². The van der Waals surface area contributed by atoms with Gasteiger partial charge < -0.3 is 4.52 Å². The Hall–Kier alpha value is -3.65. The number of halogens is 1. The second-order valence-corrected chi connectivity index (χ2v) is 7.17. The summed E-state index contributed by atoms with van der Waals surface area (Å²) in [5, 5.41) is 9.76. The van der Waals surface area contributed by atoms with E-state index in [1.54, 1.807) is 24.5 Å². The summed E-state index contributed by atoms with van der Waals surface area (Å²) in [6, 6.07) is 18.2. The molecule has 7 nitrogen and oxygen atoms in total. The number of rotatable bonds is 3. The molecule has 5 aromatic rings. The van der Waals surface area contributed by atoms with Crippen molar-refractivity contribution in [2.24, 2.45) is 0 Å². The molecule has 3 heterocycles. The monoisotopic (exact) mass is 445 g/mol. The Bertz CT molecular complexity index is 1400. The van der Waals surface area contributed by atoms with Crippen LogP contribution in [0.2, 0.25) is 0 Å². The number of hydrogen-bond acceptors (Lipinski definition) is 6. The Kier molecular flexibility index (Phi) is 4.25. The van der Waals surface area contributed by atoms with E-state index in [4.69, 9.17) is 4.52 Å². The lowest BCUT2D eigenvalue weighted by Gasteiger charge is -2.09. The van der Waals surface area contributed by atoms with E-state index in [0.29, 0.717) is 28.0 Å². The second kappa shape index (κ2) is 7.06. The van der Waals surface area contributed by atoms with Crippen LogP contribution in [0.25, 0.3) is 39.4 Å². The standard InChI is InChI=1S/C21H12BrN5O2/c22-14-6-3-7-15(11-14)27-21(28)17-9-2-1-8-16(17)18(25-27)20-24-19(26-29-20)13-5-4-10-23-12-13/h1-12H. The molecule has 0 amide bonds. The van der Waals surface area contributed by atoms with E-state index in [9.17, 15) is 4.79 Å². The highest BCUT2D eigenvalue weighted by atomic mass is 79.9. The number of pyridine rings is 1. The second-order valence-electron chi connectivity index (χ2n) is 6.26. The average Bonchev–Trinajstić information content (AvgIpc) is 3.25. The maximum atomic E-state index is 13.1. The van der Waals surface area contributed by atoms with Crippen LogP contribution in [-0.4, -0.2) is 24.9 Å². The number of hydrogen-bond donors (Lipinski definition) is 0. The third-order valence-corrected chi connectivity index (χ3v) is 4.90. The summed E-state index contributed by atoms with van der Waals surface area (Å²) in [4.78, 5) is 21.6. The normalized spacial score (nSPS) is 11.1. The van der Waals surface area contributed by atoms with Crippen molar-refractivity contribution >= 4 is 26.7 Å². The molecule has 8 heteroatoms. The van der Waals surface area contributed by atoms with Gasteiger partial charge in [-0.2, -0.15) is 14.8 Å². The molecular weight excluding hydrogens is 434 g/mol. The van der Waals surface area contributed by atoms with Gasteiger partial charge >= 0.3 is 0 Å². The predicted octanol–water partition coefficient (Wildman–Crippen LogP) is 4.26. The number of nitrogens with zero attached hydrogens (tertiary/aromatic N) is 5. The first kappa shape index (κ1) is 17.4. The fourth-order valence-electron chi connectivity index (χ4n) is 3.06. The van der Waals surface area contributed by atoms with Crippen molar-refractivity contribution in [1.29, 1.82) is 0 Å². The summed E-state index contributed by atoms with van der Waals surface area (Å²) in [6.07, 6.45) is 3.33. The average molecular weight is 446 g/mol. The molecule has 0 aliphatic heterocycles. The molecule has 140 valence electrons. The Balaban J connectivity index is 1.75. The van der Waals surface area contributed by atoms with Gasteiger partial charge in [0, 0.05) is 27.8 Å². The van der Waals surface area contributed by atoms with Gasteiger partial charge in [0.05, 0.1) is 11.1 Å². The van der Waals surface area contributed by atoms with Gasteiger partial charge in [-0.25, -0.2) is 0 Å². The van der Waals surface area contributed by atoms with E-state index in [1.165, 1.54) is 4.68 Å². The zero-order valence-electron chi connectivity index (χ0n) is 14.9. The van der Waals surface area contributed by atoms with E-state index >= 15 is 0 Å². The molecule has 0 atom stereocenters. The van der Waals surface area contributed by atoms with Crippen LogP contribution >= 0.6 is 15.9 Å². The third kappa shape index (κ3) is 3.13. The van der Waals surface area contributed by atoms with Gasteiger partial charge in [0.25, 0.3) is 11.4 Å². The highest BCUT2D eigenvalue weighted by molar-refractivity contribution is 9.10. The topological polar surface area (TPSA) is 86.7 Å². The molecule has 0 bridgehead atoms. The predicted molar refractivity (Wildman–Crippen MR) is 112 cm³/mol. The minimum Gasteiger partial charge on any atom is -0.332 e. The van der Waals surface area contributed by atoms with Gasteiger partial charge in [-0.05, 0) is 36.4 Å². The molecule has 0 unspecified atom stereocenters. The molecule has 0 saturated carbocycles. The summed E-state index contributed by atoms with van der Waals surface area (Å²) >= 11 is 3.44. The summed E-state index contributed by atoms with van der Waals surface area (Å²) in [5.41, 5.74) is 1.56. The van der Waals surface area contributed by atoms with Crippen LogP contribution in [0.5, 0.6) is 0 Å². The quantitative estimate of drug-likeness (QED) is 0.412. The third-order valence-electron chi connectivity index (χ3n) is 4.41. The first-order chi connectivity index (χ1) is 14.2. The molecule has 0 aliphatic rings. The van der Waals surface area contributed by atoms with Crippen LogP contribution < -0.4 is 5.56 Å². The summed E-state index contributed by atoms with van der Waals surface area (Å²) in [7, 11) is 0. The van der Waals surface area contributed by atoms with Crippen LogP contribution in [0.3, 0.4) is 0 Å². The number of aromatic nitrogens is 5. The molecule has 5 rings (SSSR count). The Morgan fingerprint density at radius 1 is 0.966 bits per heavy atom. The molecule has 0 radical (unpaired) electrons. The maximum Gasteiger partial charge on any atom is 0.279 e. The van der Waals surface area contributed by atoms with Crippen LogP contribution in [0.1, 0.15) is 0 Å². The van der Waals surface area contributed by atoms with Crippen molar-refractivity contribution in [3.63, 3.8) is 0 Å².